The maximum atomic E-state index is 12.2. The van der Waals surface area contributed by atoms with Gasteiger partial charge in [0.2, 0.25) is 0 Å². The van der Waals surface area contributed by atoms with Gasteiger partial charge >= 0.3 is 0 Å². The number of carbonyl (C=O) groups excluding carboxylic acids is 1. The van der Waals surface area contributed by atoms with E-state index in [0.717, 1.165) is 6.26 Å². The summed E-state index contributed by atoms with van der Waals surface area (Å²) in [6.07, 6.45) is 1.10. The van der Waals surface area contributed by atoms with Gasteiger partial charge in [-0.05, 0) is 18.2 Å². The van der Waals surface area contributed by atoms with E-state index in [2.05, 4.69) is 0 Å². The summed E-state index contributed by atoms with van der Waals surface area (Å²) < 4.78 is 28.0. The number of benzene rings is 1. The van der Waals surface area contributed by atoms with Crippen molar-refractivity contribution in [2.75, 3.05) is 38.3 Å². The maximum absolute atomic E-state index is 12.2. The van der Waals surface area contributed by atoms with Crippen molar-refractivity contribution in [3.8, 4) is 0 Å². The lowest BCUT2D eigenvalue weighted by atomic mass is 10.1. The van der Waals surface area contributed by atoms with E-state index < -0.39 is 9.84 Å². The number of carbonyl (C=O) groups is 1. The zero-order chi connectivity index (χ0) is 14.0. The van der Waals surface area contributed by atoms with E-state index in [0.29, 0.717) is 31.9 Å². The Morgan fingerprint density at radius 1 is 1.32 bits per heavy atom. The van der Waals surface area contributed by atoms with E-state index in [-0.39, 0.29) is 16.5 Å². The topological polar surface area (TPSA) is 89.7 Å². The van der Waals surface area contributed by atoms with Crippen molar-refractivity contribution in [1.29, 1.82) is 0 Å². The summed E-state index contributed by atoms with van der Waals surface area (Å²) in [7, 11) is -3.32. The SMILES string of the molecule is CS(=O)(=O)c1ccc(C(=O)N2CCOCC2)c(N)c1. The summed E-state index contributed by atoms with van der Waals surface area (Å²) in [5.74, 6) is -0.194. The van der Waals surface area contributed by atoms with Crippen LogP contribution in [0.25, 0.3) is 0 Å². The lowest BCUT2D eigenvalue weighted by Gasteiger charge is -2.27. The van der Waals surface area contributed by atoms with E-state index in [4.69, 9.17) is 10.5 Å². The standard InChI is InChI=1S/C12H16N2O4S/c1-19(16,17)9-2-3-10(11(13)8-9)12(15)14-4-6-18-7-5-14/h2-3,8H,4-7,13H2,1H3. The van der Waals surface area contributed by atoms with Gasteiger partial charge in [-0.1, -0.05) is 0 Å². The molecule has 7 heteroatoms. The Hall–Kier alpha value is -1.60. The van der Waals surface area contributed by atoms with E-state index >= 15 is 0 Å². The highest BCUT2D eigenvalue weighted by atomic mass is 32.2. The highest BCUT2D eigenvalue weighted by Crippen LogP contribution is 2.20. The molecule has 6 nitrogen and oxygen atoms in total. The molecule has 1 aromatic carbocycles. The first kappa shape index (κ1) is 13.8. The van der Waals surface area contributed by atoms with Crippen LogP contribution in [0.2, 0.25) is 0 Å². The predicted octanol–water partition coefficient (Wildman–Crippen LogP) is 0.145. The lowest BCUT2D eigenvalue weighted by molar-refractivity contribution is 0.0303. The quantitative estimate of drug-likeness (QED) is 0.780. The molecule has 0 aliphatic carbocycles. The van der Waals surface area contributed by atoms with Crippen LogP contribution in [-0.2, 0) is 14.6 Å². The van der Waals surface area contributed by atoms with Crippen LogP contribution in [0.5, 0.6) is 0 Å². The first-order valence-corrected chi connectivity index (χ1v) is 7.75. The van der Waals surface area contributed by atoms with Crippen LogP contribution in [0.4, 0.5) is 5.69 Å². The largest absolute Gasteiger partial charge is 0.398 e. The average Bonchev–Trinajstić information content (AvgIpc) is 2.38. The fourth-order valence-electron chi connectivity index (χ4n) is 1.90. The Morgan fingerprint density at radius 3 is 2.47 bits per heavy atom. The van der Waals surface area contributed by atoms with E-state index in [1.165, 1.54) is 18.2 Å². The zero-order valence-electron chi connectivity index (χ0n) is 10.6. The number of amides is 1. The molecule has 0 radical (unpaired) electrons. The van der Waals surface area contributed by atoms with Gasteiger partial charge in [-0.3, -0.25) is 4.79 Å². The number of hydrogen-bond donors (Lipinski definition) is 1. The minimum Gasteiger partial charge on any atom is -0.398 e. The molecule has 1 saturated heterocycles. The molecule has 0 aromatic heterocycles. The van der Waals surface area contributed by atoms with Crippen LogP contribution in [0.3, 0.4) is 0 Å². The fraction of sp³-hybridized carbons (Fsp3) is 0.417. The number of rotatable bonds is 2. The van der Waals surface area contributed by atoms with Gasteiger partial charge in [0, 0.05) is 25.0 Å². The van der Waals surface area contributed by atoms with Crippen molar-refractivity contribution in [3.05, 3.63) is 23.8 Å². The fourth-order valence-corrected chi connectivity index (χ4v) is 2.56. The molecule has 1 aliphatic rings. The van der Waals surface area contributed by atoms with Gasteiger partial charge in [0.1, 0.15) is 0 Å². The molecule has 0 atom stereocenters. The van der Waals surface area contributed by atoms with Crippen molar-refractivity contribution in [2.24, 2.45) is 0 Å². The number of nitrogens with two attached hydrogens (primary N) is 1. The molecule has 2 rings (SSSR count). The van der Waals surface area contributed by atoms with Crippen molar-refractivity contribution in [1.82, 2.24) is 4.90 Å². The predicted molar refractivity (Wildman–Crippen MR) is 70.7 cm³/mol. The molecule has 2 N–H and O–H groups in total. The summed E-state index contributed by atoms with van der Waals surface area (Å²) in [4.78, 5) is 14.0. The zero-order valence-corrected chi connectivity index (χ0v) is 11.4. The van der Waals surface area contributed by atoms with Gasteiger partial charge in [-0.2, -0.15) is 0 Å². The minimum absolute atomic E-state index is 0.114. The van der Waals surface area contributed by atoms with Gasteiger partial charge in [0.15, 0.2) is 9.84 Å². The number of morpholine rings is 1. The van der Waals surface area contributed by atoms with Crippen molar-refractivity contribution in [3.63, 3.8) is 0 Å². The molecule has 104 valence electrons. The molecule has 1 amide bonds. The van der Waals surface area contributed by atoms with Crippen LogP contribution in [0.15, 0.2) is 23.1 Å². The van der Waals surface area contributed by atoms with Gasteiger partial charge in [-0.15, -0.1) is 0 Å². The van der Waals surface area contributed by atoms with Crippen molar-refractivity contribution < 1.29 is 17.9 Å². The Kier molecular flexibility index (Phi) is 3.77. The number of nitrogen functional groups attached to an aromatic ring is 1. The molecular weight excluding hydrogens is 268 g/mol. The number of anilines is 1. The highest BCUT2D eigenvalue weighted by molar-refractivity contribution is 7.90. The second kappa shape index (κ2) is 5.18. The normalized spacial score (nSPS) is 16.4. The molecule has 1 aromatic rings. The third-order valence-electron chi connectivity index (χ3n) is 2.98. The number of sulfone groups is 1. The Bertz CT molecular complexity index is 592. The molecule has 1 aliphatic heterocycles. The smallest absolute Gasteiger partial charge is 0.256 e. The van der Waals surface area contributed by atoms with Gasteiger partial charge in [0.05, 0.1) is 23.7 Å². The van der Waals surface area contributed by atoms with E-state index in [1.54, 1.807) is 4.90 Å². The first-order valence-electron chi connectivity index (χ1n) is 5.86. The molecular formula is C12H16N2O4S. The average molecular weight is 284 g/mol. The van der Waals surface area contributed by atoms with Gasteiger partial charge in [-0.25, -0.2) is 8.42 Å². The van der Waals surface area contributed by atoms with Gasteiger partial charge < -0.3 is 15.4 Å². The Morgan fingerprint density at radius 2 is 1.95 bits per heavy atom. The van der Waals surface area contributed by atoms with Crippen molar-refractivity contribution in [2.45, 2.75) is 4.90 Å². The Labute approximate surface area is 112 Å². The summed E-state index contributed by atoms with van der Waals surface area (Å²) in [5.41, 5.74) is 6.29. The van der Waals surface area contributed by atoms with Crippen molar-refractivity contribution >= 4 is 21.4 Å². The Balaban J connectivity index is 2.28. The number of nitrogens with zero attached hydrogens (tertiary/aromatic N) is 1. The maximum Gasteiger partial charge on any atom is 0.256 e. The number of ether oxygens (including phenoxy) is 1. The van der Waals surface area contributed by atoms with Crippen LogP contribution in [-0.4, -0.2) is 51.8 Å². The van der Waals surface area contributed by atoms with E-state index in [1.807, 2.05) is 0 Å². The molecule has 0 saturated carbocycles. The third-order valence-corrected chi connectivity index (χ3v) is 4.09. The molecule has 0 unspecified atom stereocenters. The molecule has 0 bridgehead atoms. The second-order valence-electron chi connectivity index (χ2n) is 4.43. The second-order valence-corrected chi connectivity index (χ2v) is 6.44. The highest BCUT2D eigenvalue weighted by Gasteiger charge is 2.21. The van der Waals surface area contributed by atoms with E-state index in [9.17, 15) is 13.2 Å². The number of hydrogen-bond acceptors (Lipinski definition) is 5. The molecule has 1 fully saturated rings. The van der Waals surface area contributed by atoms with Crippen LogP contribution >= 0.6 is 0 Å². The minimum atomic E-state index is -3.32. The van der Waals surface area contributed by atoms with Crippen LogP contribution < -0.4 is 5.73 Å². The van der Waals surface area contributed by atoms with Crippen LogP contribution in [0.1, 0.15) is 10.4 Å². The summed E-state index contributed by atoms with van der Waals surface area (Å²) in [6.45, 7) is 2.05. The molecule has 1 heterocycles. The molecule has 19 heavy (non-hydrogen) atoms. The molecule has 0 spiro atoms. The summed E-state index contributed by atoms with van der Waals surface area (Å²) in [5, 5.41) is 0. The van der Waals surface area contributed by atoms with Crippen LogP contribution in [0, 0.1) is 0 Å². The summed E-state index contributed by atoms with van der Waals surface area (Å²) >= 11 is 0. The monoisotopic (exact) mass is 284 g/mol. The first-order chi connectivity index (χ1) is 8.89. The summed E-state index contributed by atoms with van der Waals surface area (Å²) in [6, 6.07) is 4.19. The lowest BCUT2D eigenvalue weighted by Crippen LogP contribution is -2.40. The van der Waals surface area contributed by atoms with Gasteiger partial charge in [0.25, 0.3) is 5.91 Å². The third kappa shape index (κ3) is 3.05.